The van der Waals surface area contributed by atoms with Gasteiger partial charge in [0.15, 0.2) is 0 Å². The minimum absolute atomic E-state index is 0.0794. The van der Waals surface area contributed by atoms with Crippen LogP contribution in [0.15, 0.2) is 60.2 Å². The molecule has 2 heterocycles. The lowest BCUT2D eigenvalue weighted by molar-refractivity contribution is 0.676. The molecule has 3 aromatic rings. The molecule has 0 radical (unpaired) electrons. The molecule has 0 saturated heterocycles. The molecular formula is C16H16N2OS2. The number of rotatable bonds is 5. The van der Waals surface area contributed by atoms with E-state index in [4.69, 9.17) is 0 Å². The second-order valence-electron chi connectivity index (χ2n) is 4.80. The Bertz CT molecular complexity index is 703. The second kappa shape index (κ2) is 6.37. The van der Waals surface area contributed by atoms with Gasteiger partial charge in [0, 0.05) is 33.8 Å². The van der Waals surface area contributed by atoms with Crippen LogP contribution in [0.5, 0.6) is 0 Å². The second-order valence-corrected chi connectivity index (χ2v) is 7.54. The van der Waals surface area contributed by atoms with Crippen molar-refractivity contribution in [1.82, 2.24) is 9.78 Å². The summed E-state index contributed by atoms with van der Waals surface area (Å²) in [6.45, 7) is 2.03. The lowest BCUT2D eigenvalue weighted by atomic mass is 10.2. The molecule has 5 heteroatoms. The van der Waals surface area contributed by atoms with Crippen LogP contribution in [0.25, 0.3) is 5.69 Å². The number of aromatic nitrogens is 2. The zero-order chi connectivity index (χ0) is 14.7. The van der Waals surface area contributed by atoms with Gasteiger partial charge in [0.05, 0.1) is 10.9 Å². The Hall–Kier alpha value is -1.72. The molecule has 0 aliphatic heterocycles. The summed E-state index contributed by atoms with van der Waals surface area (Å²) in [6.07, 6.45) is 3.66. The molecule has 0 fully saturated rings. The maximum absolute atomic E-state index is 12.4. The number of hydrogen-bond acceptors (Lipinski definition) is 3. The molecule has 0 amide bonds. The molecule has 0 saturated carbocycles. The van der Waals surface area contributed by atoms with Gasteiger partial charge in [0.25, 0.3) is 0 Å². The van der Waals surface area contributed by atoms with Crippen molar-refractivity contribution in [3.63, 3.8) is 0 Å². The summed E-state index contributed by atoms with van der Waals surface area (Å²) in [7, 11) is -0.900. The van der Waals surface area contributed by atoms with E-state index >= 15 is 0 Å². The molecule has 2 atom stereocenters. The first-order chi connectivity index (χ1) is 10.2. The summed E-state index contributed by atoms with van der Waals surface area (Å²) in [4.78, 5) is 1.18. The van der Waals surface area contributed by atoms with Crippen LogP contribution < -0.4 is 0 Å². The highest BCUT2D eigenvalue weighted by Crippen LogP contribution is 2.26. The zero-order valence-corrected chi connectivity index (χ0v) is 13.3. The lowest BCUT2D eigenvalue weighted by Crippen LogP contribution is -2.04. The predicted molar refractivity (Wildman–Crippen MR) is 88.1 cm³/mol. The molecule has 2 aromatic heterocycles. The van der Waals surface area contributed by atoms with Crippen LogP contribution in [0.3, 0.4) is 0 Å². The summed E-state index contributed by atoms with van der Waals surface area (Å²) >= 11 is 1.67. The highest BCUT2D eigenvalue weighted by Gasteiger charge is 2.14. The van der Waals surface area contributed by atoms with Crippen LogP contribution in [0.2, 0.25) is 0 Å². The number of hydrogen-bond donors (Lipinski definition) is 0. The van der Waals surface area contributed by atoms with Crippen LogP contribution >= 0.6 is 11.3 Å². The van der Waals surface area contributed by atoms with Gasteiger partial charge in [0.1, 0.15) is 0 Å². The Morgan fingerprint density at radius 1 is 1.24 bits per heavy atom. The van der Waals surface area contributed by atoms with E-state index in [1.165, 1.54) is 4.88 Å². The fraction of sp³-hybridized carbons (Fsp3) is 0.188. The van der Waals surface area contributed by atoms with Crippen LogP contribution in [0.1, 0.15) is 22.6 Å². The average Bonchev–Trinajstić information content (AvgIpc) is 3.20. The maximum Gasteiger partial charge on any atom is 0.0665 e. The molecule has 3 nitrogen and oxygen atoms in total. The van der Waals surface area contributed by atoms with Crippen LogP contribution in [0.4, 0.5) is 0 Å². The molecule has 21 heavy (non-hydrogen) atoms. The van der Waals surface area contributed by atoms with E-state index in [0.29, 0.717) is 5.75 Å². The van der Waals surface area contributed by atoms with E-state index in [9.17, 15) is 4.21 Å². The summed E-state index contributed by atoms with van der Waals surface area (Å²) in [6, 6.07) is 14.0. The standard InChI is InChI=1S/C16H16N2OS2/c1-13(16-4-2-11-20-16)21(19)12-14-5-7-15(8-6-14)18-10-3-9-17-18/h2-11,13H,12H2,1H3/t13-,21+/m0/s1. The van der Waals surface area contributed by atoms with E-state index < -0.39 is 10.8 Å². The van der Waals surface area contributed by atoms with Crippen molar-refractivity contribution in [3.05, 3.63) is 70.7 Å². The van der Waals surface area contributed by atoms with Crippen molar-refractivity contribution in [2.75, 3.05) is 0 Å². The van der Waals surface area contributed by atoms with E-state index in [2.05, 4.69) is 5.10 Å². The fourth-order valence-electron chi connectivity index (χ4n) is 2.11. The molecule has 108 valence electrons. The van der Waals surface area contributed by atoms with Gasteiger partial charge in [-0.2, -0.15) is 5.10 Å². The molecule has 0 aliphatic carbocycles. The molecule has 1 aromatic carbocycles. The average molecular weight is 316 g/mol. The van der Waals surface area contributed by atoms with E-state index in [0.717, 1.165) is 11.3 Å². The highest BCUT2D eigenvalue weighted by molar-refractivity contribution is 7.84. The van der Waals surface area contributed by atoms with Crippen molar-refractivity contribution < 1.29 is 4.21 Å². The van der Waals surface area contributed by atoms with Crippen molar-refractivity contribution in [1.29, 1.82) is 0 Å². The van der Waals surface area contributed by atoms with Gasteiger partial charge in [-0.05, 0) is 42.1 Å². The van der Waals surface area contributed by atoms with Crippen LogP contribution in [-0.4, -0.2) is 14.0 Å². The van der Waals surface area contributed by atoms with E-state index in [-0.39, 0.29) is 5.25 Å². The Morgan fingerprint density at radius 3 is 2.67 bits per heavy atom. The number of thiophene rings is 1. The van der Waals surface area contributed by atoms with E-state index in [1.54, 1.807) is 17.5 Å². The molecule has 0 spiro atoms. The SMILES string of the molecule is C[C@@H](c1cccs1)[S@](=O)Cc1ccc(-n2cccn2)cc1. The summed E-state index contributed by atoms with van der Waals surface area (Å²) in [5.41, 5.74) is 2.11. The number of benzene rings is 1. The van der Waals surface area contributed by atoms with Gasteiger partial charge in [-0.3, -0.25) is 4.21 Å². The third-order valence-electron chi connectivity index (χ3n) is 3.35. The minimum atomic E-state index is -0.900. The first kappa shape index (κ1) is 14.2. The number of nitrogens with zero attached hydrogens (tertiary/aromatic N) is 2. The van der Waals surface area contributed by atoms with Gasteiger partial charge in [-0.25, -0.2) is 4.68 Å². The molecule has 0 unspecified atom stereocenters. The van der Waals surface area contributed by atoms with E-state index in [1.807, 2.05) is 65.6 Å². The summed E-state index contributed by atoms with van der Waals surface area (Å²) in [5, 5.41) is 6.31. The quantitative estimate of drug-likeness (QED) is 0.714. The van der Waals surface area contributed by atoms with Crippen molar-refractivity contribution in [2.24, 2.45) is 0 Å². The van der Waals surface area contributed by atoms with Gasteiger partial charge in [0.2, 0.25) is 0 Å². The fourth-order valence-corrected chi connectivity index (χ4v) is 4.37. The van der Waals surface area contributed by atoms with Gasteiger partial charge >= 0.3 is 0 Å². The van der Waals surface area contributed by atoms with Crippen LogP contribution in [0, 0.1) is 0 Å². The molecular weight excluding hydrogens is 300 g/mol. The first-order valence-electron chi connectivity index (χ1n) is 6.73. The predicted octanol–water partition coefficient (Wildman–Crippen LogP) is 3.94. The Morgan fingerprint density at radius 2 is 2.05 bits per heavy atom. The Labute approximate surface area is 130 Å². The largest absolute Gasteiger partial charge is 0.259 e. The summed E-state index contributed by atoms with van der Waals surface area (Å²) in [5.74, 6) is 0.582. The molecule has 0 bridgehead atoms. The third-order valence-corrected chi connectivity index (χ3v) is 6.22. The van der Waals surface area contributed by atoms with Crippen molar-refractivity contribution in [2.45, 2.75) is 17.9 Å². The first-order valence-corrected chi connectivity index (χ1v) is 9.00. The molecule has 3 rings (SSSR count). The smallest absolute Gasteiger partial charge is 0.0665 e. The zero-order valence-electron chi connectivity index (χ0n) is 11.7. The van der Waals surface area contributed by atoms with Crippen molar-refractivity contribution >= 4 is 22.1 Å². The Kier molecular flexibility index (Phi) is 4.31. The molecule has 0 N–H and O–H groups in total. The summed E-state index contributed by atoms with van der Waals surface area (Å²) < 4.78 is 14.2. The Balaban J connectivity index is 1.69. The van der Waals surface area contributed by atoms with Gasteiger partial charge in [-0.15, -0.1) is 11.3 Å². The van der Waals surface area contributed by atoms with Crippen LogP contribution in [-0.2, 0) is 16.6 Å². The highest BCUT2D eigenvalue weighted by atomic mass is 32.2. The normalized spacial score (nSPS) is 14.0. The molecule has 0 aliphatic rings. The van der Waals surface area contributed by atoms with Gasteiger partial charge in [-0.1, -0.05) is 18.2 Å². The van der Waals surface area contributed by atoms with Crippen molar-refractivity contribution in [3.8, 4) is 5.69 Å². The minimum Gasteiger partial charge on any atom is -0.259 e. The maximum atomic E-state index is 12.4. The monoisotopic (exact) mass is 316 g/mol. The lowest BCUT2D eigenvalue weighted by Gasteiger charge is -2.10. The third kappa shape index (κ3) is 3.31. The van der Waals surface area contributed by atoms with Gasteiger partial charge < -0.3 is 0 Å². The topological polar surface area (TPSA) is 34.9 Å².